The molecule has 6 nitrogen and oxygen atoms in total. The molecule has 140 valence electrons. The molecule has 1 aromatic carbocycles. The summed E-state index contributed by atoms with van der Waals surface area (Å²) >= 11 is 0. The van der Waals surface area contributed by atoms with Gasteiger partial charge in [-0.25, -0.2) is 10.4 Å². The molecule has 0 unspecified atom stereocenters. The van der Waals surface area contributed by atoms with Gasteiger partial charge in [0.1, 0.15) is 5.75 Å². The molecule has 0 radical (unpaired) electrons. The number of unbranched alkanes of at least 4 members (excludes halogenated alkanes) is 3. The molecule has 0 aliphatic heterocycles. The quantitative estimate of drug-likeness (QED) is 0.360. The molecule has 0 amide bonds. The van der Waals surface area contributed by atoms with Gasteiger partial charge in [0.2, 0.25) is 5.95 Å². The molecule has 0 bridgehead atoms. The SMILES string of the molecule is CCCCCCOc1cccc(/C=N/Nc2nc(CCC)cc(=O)[nH]2)c1. The van der Waals surface area contributed by atoms with Crippen LogP contribution in [0.3, 0.4) is 0 Å². The summed E-state index contributed by atoms with van der Waals surface area (Å²) in [5, 5.41) is 4.15. The Kier molecular flexibility index (Phi) is 8.39. The van der Waals surface area contributed by atoms with Crippen LogP contribution in [0.25, 0.3) is 0 Å². The highest BCUT2D eigenvalue weighted by Gasteiger charge is 2.00. The lowest BCUT2D eigenvalue weighted by Crippen LogP contribution is -2.11. The number of nitrogens with one attached hydrogen (secondary N) is 2. The second kappa shape index (κ2) is 11.1. The van der Waals surface area contributed by atoms with Crippen molar-refractivity contribution in [3.8, 4) is 5.75 Å². The number of rotatable bonds is 11. The molecule has 1 aromatic heterocycles. The summed E-state index contributed by atoms with van der Waals surface area (Å²) in [5.74, 6) is 1.18. The van der Waals surface area contributed by atoms with E-state index in [1.807, 2.05) is 31.2 Å². The van der Waals surface area contributed by atoms with Crippen LogP contribution >= 0.6 is 0 Å². The van der Waals surface area contributed by atoms with Gasteiger partial charge in [-0.2, -0.15) is 5.10 Å². The van der Waals surface area contributed by atoms with Gasteiger partial charge in [0, 0.05) is 11.8 Å². The summed E-state index contributed by atoms with van der Waals surface area (Å²) in [6.45, 7) is 4.98. The average Bonchev–Trinajstić information content (AvgIpc) is 2.62. The van der Waals surface area contributed by atoms with Crippen LogP contribution in [0.4, 0.5) is 5.95 Å². The highest BCUT2D eigenvalue weighted by atomic mass is 16.5. The van der Waals surface area contributed by atoms with Gasteiger partial charge in [-0.3, -0.25) is 9.78 Å². The first-order valence-corrected chi connectivity index (χ1v) is 9.33. The summed E-state index contributed by atoms with van der Waals surface area (Å²) in [5.41, 5.74) is 4.27. The van der Waals surface area contributed by atoms with Crippen molar-refractivity contribution in [2.75, 3.05) is 12.0 Å². The Balaban J connectivity index is 1.90. The fourth-order valence-electron chi connectivity index (χ4n) is 2.52. The molecule has 0 aliphatic rings. The van der Waals surface area contributed by atoms with Gasteiger partial charge in [0.15, 0.2) is 0 Å². The fourth-order valence-corrected chi connectivity index (χ4v) is 2.52. The van der Waals surface area contributed by atoms with E-state index >= 15 is 0 Å². The van der Waals surface area contributed by atoms with Gasteiger partial charge in [-0.15, -0.1) is 0 Å². The zero-order valence-electron chi connectivity index (χ0n) is 15.6. The summed E-state index contributed by atoms with van der Waals surface area (Å²) in [7, 11) is 0. The molecule has 0 spiro atoms. The molecule has 0 fully saturated rings. The Hall–Kier alpha value is -2.63. The summed E-state index contributed by atoms with van der Waals surface area (Å²) in [6, 6.07) is 9.27. The lowest BCUT2D eigenvalue weighted by atomic mass is 10.2. The number of benzene rings is 1. The van der Waals surface area contributed by atoms with Gasteiger partial charge in [0.25, 0.3) is 5.56 Å². The maximum atomic E-state index is 11.6. The minimum Gasteiger partial charge on any atom is -0.494 e. The second-order valence-corrected chi connectivity index (χ2v) is 6.19. The molecule has 1 heterocycles. The van der Waals surface area contributed by atoms with Crippen LogP contribution in [0.5, 0.6) is 5.75 Å². The van der Waals surface area contributed by atoms with Crippen molar-refractivity contribution in [2.45, 2.75) is 52.4 Å². The Labute approximate surface area is 154 Å². The maximum Gasteiger partial charge on any atom is 0.252 e. The van der Waals surface area contributed by atoms with Crippen molar-refractivity contribution in [3.05, 3.63) is 51.9 Å². The molecular weight excluding hydrogens is 328 g/mol. The van der Waals surface area contributed by atoms with Crippen LogP contribution in [0.2, 0.25) is 0 Å². The Bertz CT molecular complexity index is 755. The number of hydrazone groups is 1. The molecule has 2 rings (SSSR count). The van der Waals surface area contributed by atoms with E-state index in [-0.39, 0.29) is 5.56 Å². The first-order chi connectivity index (χ1) is 12.7. The number of aromatic nitrogens is 2. The van der Waals surface area contributed by atoms with Crippen molar-refractivity contribution in [1.29, 1.82) is 0 Å². The topological polar surface area (TPSA) is 79.4 Å². The number of aryl methyl sites for hydroxylation is 1. The van der Waals surface area contributed by atoms with Crippen LogP contribution in [-0.4, -0.2) is 22.8 Å². The third kappa shape index (κ3) is 7.09. The first kappa shape index (κ1) is 19.7. The van der Waals surface area contributed by atoms with E-state index in [1.165, 1.54) is 25.3 Å². The van der Waals surface area contributed by atoms with E-state index in [2.05, 4.69) is 27.4 Å². The zero-order chi connectivity index (χ0) is 18.6. The number of hydrogen-bond donors (Lipinski definition) is 2. The summed E-state index contributed by atoms with van der Waals surface area (Å²) < 4.78 is 5.77. The molecule has 6 heteroatoms. The smallest absolute Gasteiger partial charge is 0.252 e. The molecule has 0 saturated heterocycles. The first-order valence-electron chi connectivity index (χ1n) is 9.33. The molecule has 26 heavy (non-hydrogen) atoms. The van der Waals surface area contributed by atoms with Crippen LogP contribution in [0.15, 0.2) is 40.2 Å². The van der Waals surface area contributed by atoms with Crippen molar-refractivity contribution >= 4 is 12.2 Å². The highest BCUT2D eigenvalue weighted by Crippen LogP contribution is 2.13. The number of anilines is 1. The Morgan fingerprint density at radius 2 is 2.08 bits per heavy atom. The van der Waals surface area contributed by atoms with Gasteiger partial charge < -0.3 is 4.74 Å². The van der Waals surface area contributed by atoms with Gasteiger partial charge >= 0.3 is 0 Å². The normalized spacial score (nSPS) is 11.0. The van der Waals surface area contributed by atoms with Crippen LogP contribution in [0.1, 0.15) is 57.2 Å². The van der Waals surface area contributed by atoms with Crippen molar-refractivity contribution < 1.29 is 4.74 Å². The van der Waals surface area contributed by atoms with E-state index in [1.54, 1.807) is 6.21 Å². The van der Waals surface area contributed by atoms with E-state index in [0.717, 1.165) is 42.9 Å². The maximum absolute atomic E-state index is 11.6. The lowest BCUT2D eigenvalue weighted by molar-refractivity contribution is 0.305. The Morgan fingerprint density at radius 3 is 2.88 bits per heavy atom. The number of H-pyrrole nitrogens is 1. The molecule has 0 atom stereocenters. The molecule has 0 saturated carbocycles. The van der Waals surface area contributed by atoms with E-state index < -0.39 is 0 Å². The predicted molar refractivity (Wildman–Crippen MR) is 106 cm³/mol. The largest absolute Gasteiger partial charge is 0.494 e. The zero-order valence-corrected chi connectivity index (χ0v) is 15.6. The second-order valence-electron chi connectivity index (χ2n) is 6.19. The van der Waals surface area contributed by atoms with Crippen molar-refractivity contribution in [1.82, 2.24) is 9.97 Å². The third-order valence-corrected chi connectivity index (χ3v) is 3.81. The van der Waals surface area contributed by atoms with Crippen LogP contribution in [0, 0.1) is 0 Å². The number of aromatic amines is 1. The van der Waals surface area contributed by atoms with Gasteiger partial charge in [-0.05, 0) is 30.5 Å². The number of nitrogens with zero attached hydrogens (tertiary/aromatic N) is 2. The van der Waals surface area contributed by atoms with E-state index in [0.29, 0.717) is 5.95 Å². The van der Waals surface area contributed by atoms with Crippen molar-refractivity contribution in [3.63, 3.8) is 0 Å². The molecule has 2 aromatic rings. The molecule has 2 N–H and O–H groups in total. The average molecular weight is 356 g/mol. The van der Waals surface area contributed by atoms with Gasteiger partial charge in [-0.1, -0.05) is 51.7 Å². The van der Waals surface area contributed by atoms with Crippen LogP contribution < -0.4 is 15.7 Å². The summed E-state index contributed by atoms with van der Waals surface area (Å²) in [4.78, 5) is 18.6. The van der Waals surface area contributed by atoms with E-state index in [4.69, 9.17) is 4.74 Å². The number of ether oxygens (including phenoxy) is 1. The molecular formula is C20H28N4O2. The minimum atomic E-state index is -0.181. The minimum absolute atomic E-state index is 0.181. The monoisotopic (exact) mass is 356 g/mol. The van der Waals surface area contributed by atoms with Crippen molar-refractivity contribution in [2.24, 2.45) is 5.10 Å². The number of hydrogen-bond acceptors (Lipinski definition) is 5. The van der Waals surface area contributed by atoms with E-state index in [9.17, 15) is 4.79 Å². The third-order valence-electron chi connectivity index (χ3n) is 3.81. The fraction of sp³-hybridized carbons (Fsp3) is 0.450. The lowest BCUT2D eigenvalue weighted by Gasteiger charge is -2.06. The predicted octanol–water partition coefficient (Wildman–Crippen LogP) is 4.13. The Morgan fingerprint density at radius 1 is 1.19 bits per heavy atom. The van der Waals surface area contributed by atoms with Crippen LogP contribution in [-0.2, 0) is 6.42 Å². The molecule has 0 aliphatic carbocycles. The summed E-state index contributed by atoms with van der Waals surface area (Å²) in [6.07, 6.45) is 8.11. The standard InChI is InChI=1S/C20H28N4O2/c1-3-5-6-7-12-26-18-11-8-10-16(13-18)15-21-24-20-22-17(9-4-2)14-19(25)23-20/h8,10-11,13-15H,3-7,9,12H2,1-2H3,(H2,22,23,24,25)/b21-15+. The van der Waals surface area contributed by atoms with Gasteiger partial charge in [0.05, 0.1) is 12.8 Å². The highest BCUT2D eigenvalue weighted by molar-refractivity contribution is 5.80.